The second-order valence-corrected chi connectivity index (χ2v) is 6.03. The zero-order valence-electron chi connectivity index (χ0n) is 13.7. The predicted octanol–water partition coefficient (Wildman–Crippen LogP) is 1.61. The fourth-order valence-electron chi connectivity index (χ4n) is 2.87. The Morgan fingerprint density at radius 3 is 2.81 bits per heavy atom. The van der Waals surface area contributed by atoms with Crippen molar-refractivity contribution >= 4 is 12.1 Å². The van der Waals surface area contributed by atoms with Gasteiger partial charge in [-0.1, -0.05) is 18.2 Å². The molecule has 2 aliphatic rings. The Morgan fingerprint density at radius 2 is 1.96 bits per heavy atom. The van der Waals surface area contributed by atoms with Crippen LogP contribution in [0.2, 0.25) is 0 Å². The van der Waals surface area contributed by atoms with Gasteiger partial charge in [-0.05, 0) is 41.8 Å². The summed E-state index contributed by atoms with van der Waals surface area (Å²) in [6, 6.07) is 11.1. The highest BCUT2D eigenvalue weighted by molar-refractivity contribution is 5.85. The van der Waals surface area contributed by atoms with E-state index >= 15 is 0 Å². The van der Waals surface area contributed by atoms with E-state index in [2.05, 4.69) is 21.4 Å². The number of halogens is 1. The van der Waals surface area contributed by atoms with E-state index in [1.807, 2.05) is 18.2 Å². The Hall–Kier alpha value is -2.97. The number of hydrazine groups is 1. The minimum absolute atomic E-state index is 0.0265. The quantitative estimate of drug-likeness (QED) is 0.573. The molecule has 3 N–H and O–H groups in total. The first-order valence-corrected chi connectivity index (χ1v) is 8.18. The van der Waals surface area contributed by atoms with Crippen LogP contribution < -0.4 is 25.8 Å². The molecule has 134 valence electrons. The third kappa shape index (κ3) is 3.51. The number of amides is 1. The van der Waals surface area contributed by atoms with Gasteiger partial charge in [0, 0.05) is 6.04 Å². The van der Waals surface area contributed by atoms with Gasteiger partial charge in [-0.15, -0.1) is 0 Å². The van der Waals surface area contributed by atoms with Crippen LogP contribution in [-0.4, -0.2) is 25.0 Å². The number of nitrogens with zero attached hydrogens (tertiary/aromatic N) is 1. The largest absolute Gasteiger partial charge is 0.454 e. The van der Waals surface area contributed by atoms with Gasteiger partial charge in [-0.3, -0.25) is 4.79 Å². The van der Waals surface area contributed by atoms with Crippen LogP contribution in [0.15, 0.2) is 47.6 Å². The van der Waals surface area contributed by atoms with Crippen molar-refractivity contribution in [3.63, 3.8) is 0 Å². The molecule has 4 rings (SSSR count). The first-order chi connectivity index (χ1) is 12.7. The van der Waals surface area contributed by atoms with E-state index in [0.29, 0.717) is 17.7 Å². The summed E-state index contributed by atoms with van der Waals surface area (Å²) in [5, 5.41) is 3.91. The predicted molar refractivity (Wildman–Crippen MR) is 92.1 cm³/mol. The molecule has 0 saturated carbocycles. The van der Waals surface area contributed by atoms with E-state index in [-0.39, 0.29) is 24.6 Å². The molecule has 2 aromatic carbocycles. The van der Waals surface area contributed by atoms with Crippen molar-refractivity contribution in [2.45, 2.75) is 18.5 Å². The van der Waals surface area contributed by atoms with E-state index in [9.17, 15) is 9.18 Å². The van der Waals surface area contributed by atoms with Crippen LogP contribution in [0.1, 0.15) is 23.6 Å². The zero-order chi connectivity index (χ0) is 17.9. The number of ether oxygens (including phenoxy) is 2. The Balaban J connectivity index is 1.33. The topological polar surface area (TPSA) is 84.0 Å². The molecule has 0 aromatic heterocycles. The molecule has 1 amide bonds. The van der Waals surface area contributed by atoms with E-state index in [1.165, 1.54) is 18.3 Å². The highest BCUT2D eigenvalue weighted by Gasteiger charge is 2.30. The van der Waals surface area contributed by atoms with Gasteiger partial charge < -0.3 is 9.47 Å². The van der Waals surface area contributed by atoms with Crippen molar-refractivity contribution in [2.75, 3.05) is 6.79 Å². The summed E-state index contributed by atoms with van der Waals surface area (Å²) in [6.45, 7) is 0.228. The van der Waals surface area contributed by atoms with Gasteiger partial charge in [0.15, 0.2) is 11.5 Å². The molecule has 2 heterocycles. The van der Waals surface area contributed by atoms with E-state index in [1.54, 1.807) is 12.1 Å². The average Bonchev–Trinajstić information content (AvgIpc) is 3.32. The summed E-state index contributed by atoms with van der Waals surface area (Å²) >= 11 is 0. The summed E-state index contributed by atoms with van der Waals surface area (Å²) in [7, 11) is 0. The van der Waals surface area contributed by atoms with Crippen molar-refractivity contribution in [3.8, 4) is 11.5 Å². The number of nitrogens with one attached hydrogen (secondary N) is 3. The minimum atomic E-state index is -0.421. The van der Waals surface area contributed by atoms with Gasteiger partial charge in [-0.25, -0.2) is 20.7 Å². The Morgan fingerprint density at radius 1 is 1.15 bits per heavy atom. The van der Waals surface area contributed by atoms with Crippen LogP contribution in [0.4, 0.5) is 4.39 Å². The maximum atomic E-state index is 12.8. The number of rotatable bonds is 4. The molecular weight excluding hydrogens is 339 g/mol. The highest BCUT2D eigenvalue weighted by Crippen LogP contribution is 2.35. The number of hydrogen-bond acceptors (Lipinski definition) is 6. The molecule has 7 nitrogen and oxygen atoms in total. The number of benzene rings is 2. The van der Waals surface area contributed by atoms with Gasteiger partial charge >= 0.3 is 0 Å². The lowest BCUT2D eigenvalue weighted by molar-refractivity contribution is -0.122. The van der Waals surface area contributed by atoms with E-state index in [4.69, 9.17) is 9.47 Å². The normalized spacial score (nSPS) is 21.3. The van der Waals surface area contributed by atoms with Crippen molar-refractivity contribution in [1.29, 1.82) is 0 Å². The number of carbonyl (C=O) groups excluding carboxylic acids is 1. The average molecular weight is 356 g/mol. The van der Waals surface area contributed by atoms with Gasteiger partial charge in [-0.2, -0.15) is 5.10 Å². The lowest BCUT2D eigenvalue weighted by Crippen LogP contribution is -2.41. The summed E-state index contributed by atoms with van der Waals surface area (Å²) < 4.78 is 23.5. The molecule has 1 saturated heterocycles. The first kappa shape index (κ1) is 16.5. The minimum Gasteiger partial charge on any atom is -0.454 e. The summed E-state index contributed by atoms with van der Waals surface area (Å²) in [5.41, 5.74) is 10.3. The molecule has 8 heteroatoms. The molecule has 2 unspecified atom stereocenters. The molecule has 2 aromatic rings. The van der Waals surface area contributed by atoms with Crippen LogP contribution in [0.5, 0.6) is 11.5 Å². The summed E-state index contributed by atoms with van der Waals surface area (Å²) in [5.74, 6) is 0.867. The van der Waals surface area contributed by atoms with Crippen LogP contribution in [0.25, 0.3) is 0 Å². The monoisotopic (exact) mass is 356 g/mol. The molecule has 2 atom stereocenters. The van der Waals surface area contributed by atoms with E-state index in [0.717, 1.165) is 11.3 Å². The number of carbonyl (C=O) groups is 1. The summed E-state index contributed by atoms with van der Waals surface area (Å²) in [6.07, 6.45) is 2.03. The molecule has 26 heavy (non-hydrogen) atoms. The third-order valence-electron chi connectivity index (χ3n) is 4.28. The SMILES string of the molecule is O=C(N/N=C/c1ccc(F)cc1)C1CC(c2ccc3c(c2)OCO3)NN1. The summed E-state index contributed by atoms with van der Waals surface area (Å²) in [4.78, 5) is 12.2. The lowest BCUT2D eigenvalue weighted by Gasteiger charge is -2.10. The maximum Gasteiger partial charge on any atom is 0.258 e. The van der Waals surface area contributed by atoms with Crippen LogP contribution in [-0.2, 0) is 4.79 Å². The lowest BCUT2D eigenvalue weighted by atomic mass is 10.0. The Labute approximate surface area is 149 Å². The van der Waals surface area contributed by atoms with Crippen LogP contribution in [0.3, 0.4) is 0 Å². The molecule has 0 bridgehead atoms. The number of fused-ring (bicyclic) bond motifs is 1. The fourth-order valence-corrected chi connectivity index (χ4v) is 2.87. The van der Waals surface area contributed by atoms with Gasteiger partial charge in [0.05, 0.1) is 6.21 Å². The van der Waals surface area contributed by atoms with Crippen LogP contribution in [0, 0.1) is 5.82 Å². The maximum absolute atomic E-state index is 12.8. The van der Waals surface area contributed by atoms with Gasteiger partial charge in [0.2, 0.25) is 6.79 Å². The Bertz CT molecular complexity index is 841. The van der Waals surface area contributed by atoms with Crippen LogP contribution >= 0.6 is 0 Å². The van der Waals surface area contributed by atoms with Crippen molar-refractivity contribution in [3.05, 3.63) is 59.4 Å². The zero-order valence-corrected chi connectivity index (χ0v) is 13.7. The second-order valence-electron chi connectivity index (χ2n) is 6.03. The molecule has 2 aliphatic heterocycles. The second kappa shape index (κ2) is 7.11. The highest BCUT2D eigenvalue weighted by atomic mass is 19.1. The Kier molecular flexibility index (Phi) is 4.51. The molecule has 0 spiro atoms. The van der Waals surface area contributed by atoms with E-state index < -0.39 is 6.04 Å². The number of hydrazone groups is 1. The first-order valence-electron chi connectivity index (χ1n) is 8.18. The molecular formula is C18H17FN4O3. The van der Waals surface area contributed by atoms with Gasteiger partial charge in [0.1, 0.15) is 11.9 Å². The number of hydrogen-bond donors (Lipinski definition) is 3. The molecule has 1 fully saturated rings. The van der Waals surface area contributed by atoms with Gasteiger partial charge in [0.25, 0.3) is 5.91 Å². The standard InChI is InChI=1S/C18H17FN4O3/c19-13-4-1-11(2-5-13)9-20-23-18(24)15-8-14(21-22-15)12-3-6-16-17(7-12)26-10-25-16/h1-7,9,14-15,21-22H,8,10H2,(H,23,24)/b20-9+. The fraction of sp³-hybridized carbons (Fsp3) is 0.222. The molecule has 0 radical (unpaired) electrons. The van der Waals surface area contributed by atoms with Crippen molar-refractivity contribution in [1.82, 2.24) is 16.3 Å². The molecule has 0 aliphatic carbocycles. The van der Waals surface area contributed by atoms with Crippen molar-refractivity contribution in [2.24, 2.45) is 5.10 Å². The third-order valence-corrected chi connectivity index (χ3v) is 4.28. The smallest absolute Gasteiger partial charge is 0.258 e. The van der Waals surface area contributed by atoms with Crippen molar-refractivity contribution < 1.29 is 18.7 Å².